The molecule has 3 amide bonds. The number of quaternary nitrogens is 1. The van der Waals surface area contributed by atoms with Gasteiger partial charge in [-0.3, -0.25) is 14.4 Å². The maximum atomic E-state index is 12.6. The van der Waals surface area contributed by atoms with Crippen LogP contribution in [0.5, 0.6) is 0 Å². The van der Waals surface area contributed by atoms with Gasteiger partial charge >= 0.3 is 0 Å². The lowest BCUT2D eigenvalue weighted by atomic mass is 10.1. The van der Waals surface area contributed by atoms with Gasteiger partial charge in [0.2, 0.25) is 5.91 Å². The highest BCUT2D eigenvalue weighted by Crippen LogP contribution is 2.17. The van der Waals surface area contributed by atoms with Gasteiger partial charge in [-0.1, -0.05) is 30.3 Å². The molecule has 1 aliphatic heterocycles. The Labute approximate surface area is 164 Å². The van der Waals surface area contributed by atoms with Crippen molar-refractivity contribution in [2.75, 3.05) is 43.4 Å². The molecule has 3 N–H and O–H groups in total. The number of rotatable bonds is 5. The lowest BCUT2D eigenvalue weighted by Gasteiger charge is -2.31. The van der Waals surface area contributed by atoms with Gasteiger partial charge in [-0.25, -0.2) is 0 Å². The Hall–Kier alpha value is -3.19. The first kappa shape index (κ1) is 19.6. The normalized spacial score (nSPS) is 14.4. The maximum Gasteiger partial charge on any atom is 0.279 e. The Kier molecular flexibility index (Phi) is 6.39. The molecule has 1 fully saturated rings. The number of piperazine rings is 1. The van der Waals surface area contributed by atoms with Gasteiger partial charge < -0.3 is 20.4 Å². The summed E-state index contributed by atoms with van der Waals surface area (Å²) in [5.74, 6) is -0.349. The molecule has 0 radical (unpaired) electrons. The van der Waals surface area contributed by atoms with Crippen molar-refractivity contribution in [1.82, 2.24) is 4.90 Å². The number of anilines is 2. The van der Waals surface area contributed by atoms with Crippen molar-refractivity contribution < 1.29 is 19.3 Å². The molecule has 146 valence electrons. The van der Waals surface area contributed by atoms with Crippen molar-refractivity contribution in [3.63, 3.8) is 0 Å². The fraction of sp³-hybridized carbons (Fsp3) is 0.286. The molecule has 1 heterocycles. The number of para-hydroxylation sites is 2. The van der Waals surface area contributed by atoms with Crippen molar-refractivity contribution in [2.24, 2.45) is 0 Å². The number of amides is 3. The van der Waals surface area contributed by atoms with Crippen LogP contribution in [0, 0.1) is 0 Å². The van der Waals surface area contributed by atoms with Crippen LogP contribution in [0.15, 0.2) is 54.6 Å². The molecule has 0 aromatic heterocycles. The molecule has 2 aromatic rings. The molecule has 0 spiro atoms. The fourth-order valence-electron chi connectivity index (χ4n) is 3.25. The van der Waals surface area contributed by atoms with E-state index in [-0.39, 0.29) is 17.7 Å². The summed E-state index contributed by atoms with van der Waals surface area (Å²) in [6.45, 7) is 4.67. The zero-order chi connectivity index (χ0) is 19.9. The number of hydrogen-bond acceptors (Lipinski definition) is 3. The van der Waals surface area contributed by atoms with Crippen LogP contribution in [0.3, 0.4) is 0 Å². The average Bonchev–Trinajstić information content (AvgIpc) is 2.69. The lowest BCUT2D eigenvalue weighted by molar-refractivity contribution is -0.895. The smallest absolute Gasteiger partial charge is 0.279 e. The van der Waals surface area contributed by atoms with Crippen molar-refractivity contribution in [3.8, 4) is 0 Å². The van der Waals surface area contributed by atoms with Crippen molar-refractivity contribution in [1.29, 1.82) is 0 Å². The quantitative estimate of drug-likeness (QED) is 0.710. The summed E-state index contributed by atoms with van der Waals surface area (Å²) in [5, 5.41) is 5.69. The van der Waals surface area contributed by atoms with Crippen LogP contribution in [0.2, 0.25) is 0 Å². The van der Waals surface area contributed by atoms with Crippen LogP contribution in [0.4, 0.5) is 11.4 Å². The van der Waals surface area contributed by atoms with Gasteiger partial charge in [0.25, 0.3) is 11.8 Å². The molecule has 0 unspecified atom stereocenters. The number of hydrogen-bond donors (Lipinski definition) is 3. The maximum absolute atomic E-state index is 12.6. The highest BCUT2D eigenvalue weighted by Gasteiger charge is 2.24. The summed E-state index contributed by atoms with van der Waals surface area (Å²) in [6, 6.07) is 16.1. The zero-order valence-electron chi connectivity index (χ0n) is 15.9. The summed E-state index contributed by atoms with van der Waals surface area (Å²) in [4.78, 5) is 39.4. The van der Waals surface area contributed by atoms with Gasteiger partial charge in [-0.2, -0.15) is 0 Å². The standard InChI is InChI=1S/C21H24N4O3/c1-16(26)25-13-11-24(12-14-25)15-20(27)23-19-10-6-5-9-18(19)21(28)22-17-7-3-2-4-8-17/h2-10H,11-15H2,1H3,(H,22,28)(H,23,27)/p+1. The van der Waals surface area contributed by atoms with E-state index in [2.05, 4.69) is 10.6 Å². The average molecular weight is 381 g/mol. The minimum atomic E-state index is -0.274. The van der Waals surface area contributed by atoms with E-state index < -0.39 is 0 Å². The summed E-state index contributed by atoms with van der Waals surface area (Å²) < 4.78 is 0. The molecule has 7 heteroatoms. The zero-order valence-corrected chi connectivity index (χ0v) is 15.9. The predicted molar refractivity (Wildman–Crippen MR) is 107 cm³/mol. The first-order chi connectivity index (χ1) is 13.5. The second-order valence-electron chi connectivity index (χ2n) is 6.85. The van der Waals surface area contributed by atoms with Gasteiger partial charge in [0.1, 0.15) is 0 Å². The predicted octanol–water partition coefficient (Wildman–Crippen LogP) is 0.624. The lowest BCUT2D eigenvalue weighted by Crippen LogP contribution is -3.15. The van der Waals surface area contributed by atoms with E-state index in [0.29, 0.717) is 36.6 Å². The van der Waals surface area contributed by atoms with Crippen molar-refractivity contribution in [2.45, 2.75) is 6.92 Å². The van der Waals surface area contributed by atoms with Crippen LogP contribution in [0.25, 0.3) is 0 Å². The van der Waals surface area contributed by atoms with Crippen LogP contribution in [0.1, 0.15) is 17.3 Å². The van der Waals surface area contributed by atoms with E-state index in [4.69, 9.17) is 0 Å². The summed E-state index contributed by atoms with van der Waals surface area (Å²) >= 11 is 0. The Balaban J connectivity index is 1.59. The van der Waals surface area contributed by atoms with E-state index >= 15 is 0 Å². The van der Waals surface area contributed by atoms with E-state index in [9.17, 15) is 14.4 Å². The Morgan fingerprint density at radius 3 is 2.25 bits per heavy atom. The molecule has 28 heavy (non-hydrogen) atoms. The fourth-order valence-corrected chi connectivity index (χ4v) is 3.25. The number of nitrogens with zero attached hydrogens (tertiary/aromatic N) is 1. The number of carbonyl (C=O) groups excluding carboxylic acids is 3. The third-order valence-corrected chi connectivity index (χ3v) is 4.80. The van der Waals surface area contributed by atoms with E-state index in [1.165, 1.54) is 0 Å². The van der Waals surface area contributed by atoms with Gasteiger partial charge in [0.15, 0.2) is 6.54 Å². The molecule has 1 aliphatic rings. The summed E-state index contributed by atoms with van der Waals surface area (Å²) in [5.41, 5.74) is 1.60. The molecular formula is C21H25N4O3+. The second kappa shape index (κ2) is 9.14. The minimum Gasteiger partial charge on any atom is -0.332 e. The molecule has 0 bridgehead atoms. The second-order valence-corrected chi connectivity index (χ2v) is 6.85. The largest absolute Gasteiger partial charge is 0.332 e. The topological polar surface area (TPSA) is 83.0 Å². The van der Waals surface area contributed by atoms with E-state index in [1.807, 2.05) is 30.3 Å². The molecule has 0 atom stereocenters. The van der Waals surface area contributed by atoms with Crippen LogP contribution in [-0.4, -0.2) is 55.3 Å². The van der Waals surface area contributed by atoms with Gasteiger partial charge in [0.05, 0.1) is 37.4 Å². The van der Waals surface area contributed by atoms with E-state index in [0.717, 1.165) is 18.0 Å². The highest BCUT2D eigenvalue weighted by atomic mass is 16.2. The molecule has 7 nitrogen and oxygen atoms in total. The van der Waals surface area contributed by atoms with Gasteiger partial charge in [-0.05, 0) is 24.3 Å². The monoisotopic (exact) mass is 381 g/mol. The molecule has 1 saturated heterocycles. The summed E-state index contributed by atoms with van der Waals surface area (Å²) in [6.07, 6.45) is 0. The van der Waals surface area contributed by atoms with Gasteiger partial charge in [0, 0.05) is 12.6 Å². The van der Waals surface area contributed by atoms with Crippen LogP contribution in [-0.2, 0) is 9.59 Å². The van der Waals surface area contributed by atoms with Crippen LogP contribution < -0.4 is 15.5 Å². The SMILES string of the molecule is CC(=O)N1CC[NH+](CC(=O)Nc2ccccc2C(=O)Nc2ccccc2)CC1. The molecule has 0 saturated carbocycles. The van der Waals surface area contributed by atoms with Crippen molar-refractivity contribution >= 4 is 29.1 Å². The Morgan fingerprint density at radius 2 is 1.57 bits per heavy atom. The first-order valence-corrected chi connectivity index (χ1v) is 9.37. The van der Waals surface area contributed by atoms with Crippen LogP contribution >= 0.6 is 0 Å². The third kappa shape index (κ3) is 5.17. The number of benzene rings is 2. The molecule has 0 aliphatic carbocycles. The molecule has 2 aromatic carbocycles. The number of carbonyl (C=O) groups is 3. The first-order valence-electron chi connectivity index (χ1n) is 9.37. The van der Waals surface area contributed by atoms with Crippen molar-refractivity contribution in [3.05, 3.63) is 60.2 Å². The highest BCUT2D eigenvalue weighted by molar-refractivity contribution is 6.10. The Bertz CT molecular complexity index is 846. The van der Waals surface area contributed by atoms with E-state index in [1.54, 1.807) is 36.1 Å². The minimum absolute atomic E-state index is 0.0712. The third-order valence-electron chi connectivity index (χ3n) is 4.80. The number of nitrogens with one attached hydrogen (secondary N) is 3. The van der Waals surface area contributed by atoms with Gasteiger partial charge in [-0.15, -0.1) is 0 Å². The molecule has 3 rings (SSSR count). The molecular weight excluding hydrogens is 356 g/mol. The summed E-state index contributed by atoms with van der Waals surface area (Å²) in [7, 11) is 0. The Morgan fingerprint density at radius 1 is 0.929 bits per heavy atom.